The molecule has 6 atom stereocenters. The number of alkyl halides is 1. The number of rotatable bonds is 2. The van der Waals surface area contributed by atoms with Crippen molar-refractivity contribution in [3.63, 3.8) is 0 Å². The number of fused-ring (bicyclic) bond motifs is 5. The molecule has 3 nitrogen and oxygen atoms in total. The molecule has 4 rings (SSSR count). The van der Waals surface area contributed by atoms with Crippen LogP contribution in [0.1, 0.15) is 65.2 Å². The van der Waals surface area contributed by atoms with Gasteiger partial charge < -0.3 is 4.74 Å². The molecule has 4 heteroatoms. The molecule has 0 N–H and O–H groups in total. The highest BCUT2D eigenvalue weighted by Gasteiger charge is 2.57. The lowest BCUT2D eigenvalue weighted by Gasteiger charge is -2.57. The third-order valence-electron chi connectivity index (χ3n) is 8.14. The van der Waals surface area contributed by atoms with E-state index in [0.29, 0.717) is 17.8 Å². The molecule has 3 saturated carbocycles. The molecular formula is C21H29BrO3. The minimum absolute atomic E-state index is 0.0123. The second kappa shape index (κ2) is 6.21. The van der Waals surface area contributed by atoms with Gasteiger partial charge in [0.15, 0.2) is 11.9 Å². The number of hydrogen-bond donors (Lipinski definition) is 0. The van der Waals surface area contributed by atoms with E-state index in [9.17, 15) is 9.59 Å². The standard InChI is InChI=1S/C21H29BrO3/c1-20-8-3-4-15(20)14-6-5-13-10-17(23)18(25-19(24)12-22)11-21(13,2)16(14)7-9-20/h10,14-16,18H,3-9,11-12H2,1-2H3/t14-,15-,16-,18?,20-,21-/m0/s1. The number of allylic oxidation sites excluding steroid dienone is 1. The summed E-state index contributed by atoms with van der Waals surface area (Å²) < 4.78 is 5.47. The monoisotopic (exact) mass is 408 g/mol. The van der Waals surface area contributed by atoms with Crippen LogP contribution in [0.4, 0.5) is 0 Å². The number of carbonyl (C=O) groups excluding carboxylic acids is 2. The predicted molar refractivity (Wildman–Crippen MR) is 100 cm³/mol. The maximum atomic E-state index is 12.5. The molecule has 138 valence electrons. The fourth-order valence-corrected chi connectivity index (χ4v) is 7.01. The van der Waals surface area contributed by atoms with E-state index in [4.69, 9.17) is 4.74 Å². The summed E-state index contributed by atoms with van der Waals surface area (Å²) in [5.74, 6) is 1.93. The maximum absolute atomic E-state index is 12.5. The van der Waals surface area contributed by atoms with Gasteiger partial charge in [-0.15, -0.1) is 0 Å². The highest BCUT2D eigenvalue weighted by atomic mass is 79.9. The lowest BCUT2D eigenvalue weighted by Crippen LogP contribution is -2.52. The number of ether oxygens (including phenoxy) is 1. The second-order valence-corrected chi connectivity index (χ2v) is 9.87. The first kappa shape index (κ1) is 17.8. The van der Waals surface area contributed by atoms with Gasteiger partial charge in [-0.05, 0) is 73.2 Å². The molecule has 0 aromatic heterocycles. The first-order valence-electron chi connectivity index (χ1n) is 9.88. The molecule has 0 aromatic carbocycles. The maximum Gasteiger partial charge on any atom is 0.317 e. The number of esters is 1. The predicted octanol–water partition coefficient (Wildman–Crippen LogP) is 4.83. The van der Waals surface area contributed by atoms with Crippen molar-refractivity contribution < 1.29 is 14.3 Å². The molecule has 25 heavy (non-hydrogen) atoms. The third kappa shape index (κ3) is 2.74. The number of hydrogen-bond acceptors (Lipinski definition) is 3. The molecule has 0 bridgehead atoms. The van der Waals surface area contributed by atoms with Gasteiger partial charge in [0.05, 0.1) is 0 Å². The highest BCUT2D eigenvalue weighted by Crippen LogP contribution is 2.65. The Balaban J connectivity index is 1.62. The van der Waals surface area contributed by atoms with Gasteiger partial charge in [0.25, 0.3) is 0 Å². The van der Waals surface area contributed by atoms with Crippen LogP contribution in [0.5, 0.6) is 0 Å². The van der Waals surface area contributed by atoms with E-state index in [0.717, 1.165) is 18.3 Å². The van der Waals surface area contributed by atoms with E-state index in [1.807, 2.05) is 6.08 Å². The Labute approximate surface area is 159 Å². The van der Waals surface area contributed by atoms with Crippen molar-refractivity contribution in [3.05, 3.63) is 11.6 Å². The average Bonchev–Trinajstić information content (AvgIpc) is 2.97. The molecule has 0 spiro atoms. The van der Waals surface area contributed by atoms with Crippen molar-refractivity contribution in [3.8, 4) is 0 Å². The van der Waals surface area contributed by atoms with E-state index in [2.05, 4.69) is 29.8 Å². The summed E-state index contributed by atoms with van der Waals surface area (Å²) in [6.45, 7) is 4.86. The van der Waals surface area contributed by atoms with Gasteiger partial charge in [-0.1, -0.05) is 41.8 Å². The Morgan fingerprint density at radius 1 is 1.24 bits per heavy atom. The molecule has 0 aromatic rings. The Kier molecular flexibility index (Phi) is 4.41. The zero-order valence-corrected chi connectivity index (χ0v) is 16.9. The van der Waals surface area contributed by atoms with Crippen LogP contribution in [0.25, 0.3) is 0 Å². The fourth-order valence-electron chi connectivity index (χ4n) is 6.88. The molecule has 3 fully saturated rings. The molecule has 4 aliphatic rings. The summed E-state index contributed by atoms with van der Waals surface area (Å²) in [5.41, 5.74) is 1.90. The lowest BCUT2D eigenvalue weighted by molar-refractivity contribution is -0.155. The fraction of sp³-hybridized carbons (Fsp3) is 0.810. The number of ketones is 1. The van der Waals surface area contributed by atoms with Gasteiger partial charge in [0, 0.05) is 6.42 Å². The van der Waals surface area contributed by atoms with E-state index < -0.39 is 6.10 Å². The molecule has 0 amide bonds. The first-order chi connectivity index (χ1) is 11.9. The lowest BCUT2D eigenvalue weighted by atomic mass is 9.47. The third-order valence-corrected chi connectivity index (χ3v) is 8.60. The van der Waals surface area contributed by atoms with Crippen molar-refractivity contribution >= 4 is 27.7 Å². The summed E-state index contributed by atoms with van der Waals surface area (Å²) in [7, 11) is 0. The second-order valence-electron chi connectivity index (χ2n) is 9.31. The van der Waals surface area contributed by atoms with Gasteiger partial charge in [0.2, 0.25) is 0 Å². The Hall–Kier alpha value is -0.640. The Morgan fingerprint density at radius 2 is 2.04 bits per heavy atom. The normalized spacial score (nSPS) is 45.9. The quantitative estimate of drug-likeness (QED) is 0.485. The Morgan fingerprint density at radius 3 is 2.80 bits per heavy atom. The highest BCUT2D eigenvalue weighted by molar-refractivity contribution is 9.09. The summed E-state index contributed by atoms with van der Waals surface area (Å²) >= 11 is 3.13. The smallest absolute Gasteiger partial charge is 0.317 e. The minimum Gasteiger partial charge on any atom is -0.453 e. The van der Waals surface area contributed by atoms with Crippen LogP contribution in [0.2, 0.25) is 0 Å². The van der Waals surface area contributed by atoms with Crippen molar-refractivity contribution in [2.24, 2.45) is 28.6 Å². The van der Waals surface area contributed by atoms with E-state index >= 15 is 0 Å². The van der Waals surface area contributed by atoms with Crippen molar-refractivity contribution in [1.29, 1.82) is 0 Å². The Bertz CT molecular complexity index is 627. The van der Waals surface area contributed by atoms with Crippen LogP contribution in [0.15, 0.2) is 11.6 Å². The molecule has 0 aliphatic heterocycles. The van der Waals surface area contributed by atoms with Crippen molar-refractivity contribution in [2.45, 2.75) is 71.3 Å². The zero-order valence-electron chi connectivity index (χ0n) is 15.4. The van der Waals surface area contributed by atoms with Gasteiger partial charge in [-0.3, -0.25) is 9.59 Å². The summed E-state index contributed by atoms with van der Waals surface area (Å²) in [6, 6.07) is 0. The molecule has 1 unspecified atom stereocenters. The topological polar surface area (TPSA) is 43.4 Å². The number of carbonyl (C=O) groups is 2. The van der Waals surface area contributed by atoms with Crippen LogP contribution in [0.3, 0.4) is 0 Å². The molecule has 0 saturated heterocycles. The van der Waals surface area contributed by atoms with Crippen LogP contribution < -0.4 is 0 Å². The largest absolute Gasteiger partial charge is 0.453 e. The van der Waals surface area contributed by atoms with Crippen LogP contribution in [-0.4, -0.2) is 23.2 Å². The van der Waals surface area contributed by atoms with E-state index in [1.165, 1.54) is 44.1 Å². The molecule has 0 radical (unpaired) electrons. The van der Waals surface area contributed by atoms with Gasteiger partial charge in [-0.2, -0.15) is 0 Å². The van der Waals surface area contributed by atoms with Crippen LogP contribution in [0, 0.1) is 28.6 Å². The van der Waals surface area contributed by atoms with Crippen LogP contribution >= 0.6 is 15.9 Å². The molecular weight excluding hydrogens is 380 g/mol. The SMILES string of the molecule is C[C@@]12CCC[C@H]1[C@@H]1CCC3=CC(=O)C(OC(=O)CBr)C[C@]3(C)[C@H]1CC2. The van der Waals surface area contributed by atoms with Gasteiger partial charge in [-0.25, -0.2) is 0 Å². The van der Waals surface area contributed by atoms with Crippen molar-refractivity contribution in [2.75, 3.05) is 5.33 Å². The van der Waals surface area contributed by atoms with E-state index in [1.54, 1.807) is 0 Å². The number of halogens is 1. The van der Waals surface area contributed by atoms with Crippen LogP contribution in [-0.2, 0) is 14.3 Å². The molecule has 0 heterocycles. The summed E-state index contributed by atoms with van der Waals surface area (Å²) in [4.78, 5) is 24.2. The minimum atomic E-state index is -0.588. The van der Waals surface area contributed by atoms with E-state index in [-0.39, 0.29) is 22.5 Å². The van der Waals surface area contributed by atoms with Gasteiger partial charge >= 0.3 is 5.97 Å². The summed E-state index contributed by atoms with van der Waals surface area (Å²) in [5, 5.41) is 0.149. The first-order valence-corrected chi connectivity index (χ1v) is 11.0. The summed E-state index contributed by atoms with van der Waals surface area (Å²) in [6.07, 6.45) is 11.0. The average molecular weight is 409 g/mol. The van der Waals surface area contributed by atoms with Gasteiger partial charge in [0.1, 0.15) is 5.33 Å². The van der Waals surface area contributed by atoms with Crippen molar-refractivity contribution in [1.82, 2.24) is 0 Å². The zero-order chi connectivity index (χ0) is 17.8. The molecule has 4 aliphatic carbocycles.